The van der Waals surface area contributed by atoms with E-state index in [0.29, 0.717) is 0 Å². The molecule has 0 radical (unpaired) electrons. The topological polar surface area (TPSA) is 45.4 Å². The van der Waals surface area contributed by atoms with Gasteiger partial charge in [-0.15, -0.1) is 0 Å². The van der Waals surface area contributed by atoms with Crippen LogP contribution < -0.4 is 0 Å². The molecule has 3 rings (SSSR count). The Bertz CT molecular complexity index is 489. The van der Waals surface area contributed by atoms with Crippen LogP contribution in [0.3, 0.4) is 0 Å². The largest absolute Gasteiger partial charge is 0.301 e. The van der Waals surface area contributed by atoms with Crippen LogP contribution in [-0.2, 0) is 13.3 Å². The van der Waals surface area contributed by atoms with Crippen LogP contribution in [0.1, 0.15) is 6.92 Å². The molecule has 0 spiro atoms. The number of rotatable bonds is 5. The molecule has 3 heterocycles. The highest BCUT2D eigenvalue weighted by Gasteiger charge is 2.16. The molecule has 0 amide bonds. The highest BCUT2D eigenvalue weighted by molar-refractivity contribution is 4.79. The van der Waals surface area contributed by atoms with Gasteiger partial charge in [0.1, 0.15) is 0 Å². The van der Waals surface area contributed by atoms with Gasteiger partial charge >= 0.3 is 0 Å². The lowest BCUT2D eigenvalue weighted by atomic mass is 10.4. The van der Waals surface area contributed by atoms with E-state index in [-0.39, 0.29) is 0 Å². The maximum atomic E-state index is 4.34. The van der Waals surface area contributed by atoms with Crippen LogP contribution in [0.2, 0.25) is 0 Å². The van der Waals surface area contributed by atoms with E-state index in [1.807, 2.05) is 46.3 Å². The minimum atomic E-state index is 0.861. The first kappa shape index (κ1) is 16.2. The zero-order chi connectivity index (χ0) is 15.9. The molecule has 1 fully saturated rings. The Hall–Kier alpha value is -1.70. The van der Waals surface area contributed by atoms with Gasteiger partial charge in [-0.25, -0.2) is 0 Å². The van der Waals surface area contributed by atoms with E-state index in [2.05, 4.69) is 31.8 Å². The fourth-order valence-electron chi connectivity index (χ4n) is 2.96. The van der Waals surface area contributed by atoms with Gasteiger partial charge < -0.3 is 4.90 Å². The molecule has 2 aromatic heterocycles. The van der Waals surface area contributed by atoms with Crippen LogP contribution >= 0.6 is 0 Å². The van der Waals surface area contributed by atoms with Gasteiger partial charge in [0.05, 0.1) is 13.3 Å². The van der Waals surface area contributed by atoms with Crippen LogP contribution in [0.15, 0.2) is 36.9 Å². The Kier molecular flexibility index (Phi) is 5.79. The van der Waals surface area contributed by atoms with Crippen LogP contribution in [0.25, 0.3) is 0 Å². The monoisotopic (exact) mass is 317 g/mol. The van der Waals surface area contributed by atoms with Gasteiger partial charge in [0.15, 0.2) is 0 Å². The smallest absolute Gasteiger partial charge is 0.0929 e. The highest BCUT2D eigenvalue weighted by Crippen LogP contribution is 2.03. The fraction of sp³-hybridized carbons (Fsp3) is 0.625. The third-order valence-electron chi connectivity index (χ3n) is 4.45. The molecule has 126 valence electrons. The number of hydrogen-bond acceptors (Lipinski definition) is 5. The average molecular weight is 317 g/mol. The molecule has 0 saturated carbocycles. The second kappa shape index (κ2) is 8.24. The van der Waals surface area contributed by atoms with Gasteiger partial charge in [0.2, 0.25) is 0 Å². The predicted octanol–water partition coefficient (Wildman–Crippen LogP) is 0.634. The average Bonchev–Trinajstić information content (AvgIpc) is 3.25. The molecule has 1 aliphatic rings. The van der Waals surface area contributed by atoms with Gasteiger partial charge in [-0.3, -0.25) is 19.2 Å². The van der Waals surface area contributed by atoms with Crippen molar-refractivity contribution in [2.45, 2.75) is 20.3 Å². The Morgan fingerprint density at radius 2 is 1.13 bits per heavy atom. The van der Waals surface area contributed by atoms with Crippen LogP contribution in [0.5, 0.6) is 0 Å². The molecule has 0 unspecified atom stereocenters. The van der Waals surface area contributed by atoms with E-state index in [0.717, 1.165) is 59.2 Å². The maximum absolute atomic E-state index is 4.34. The van der Waals surface area contributed by atoms with Gasteiger partial charge in [-0.1, -0.05) is 6.92 Å². The summed E-state index contributed by atoms with van der Waals surface area (Å²) < 4.78 is 4.01. The van der Waals surface area contributed by atoms with Crippen LogP contribution in [0.4, 0.5) is 0 Å². The molecular weight excluding hydrogens is 290 g/mol. The third-order valence-corrected chi connectivity index (χ3v) is 4.45. The van der Waals surface area contributed by atoms with Crippen molar-refractivity contribution in [3.05, 3.63) is 36.9 Å². The minimum absolute atomic E-state index is 0.861. The summed E-state index contributed by atoms with van der Waals surface area (Å²) in [6.07, 6.45) is 7.76. The second-order valence-electron chi connectivity index (χ2n) is 6.04. The van der Waals surface area contributed by atoms with Crippen molar-refractivity contribution in [3.63, 3.8) is 0 Å². The Labute approximate surface area is 138 Å². The van der Waals surface area contributed by atoms with Gasteiger partial charge in [0, 0.05) is 64.1 Å². The lowest BCUT2D eigenvalue weighted by Crippen LogP contribution is -2.37. The Morgan fingerprint density at radius 3 is 1.48 bits per heavy atom. The lowest BCUT2D eigenvalue weighted by Gasteiger charge is -2.25. The summed E-state index contributed by atoms with van der Waals surface area (Å²) in [5, 5.41) is 8.68. The van der Waals surface area contributed by atoms with E-state index in [1.165, 1.54) is 0 Å². The lowest BCUT2D eigenvalue weighted by molar-refractivity contribution is 0.157. The fourth-order valence-corrected chi connectivity index (χ4v) is 2.96. The standard InChI is InChI=1S/C16H27N7/c1-2-19-9-11-20(15-22-7-3-5-17-22)13-14-21(12-10-19)16-23-8-4-6-18-23/h3-8H,2,9-16H2,1H3. The van der Waals surface area contributed by atoms with Crippen molar-refractivity contribution in [2.24, 2.45) is 0 Å². The number of aromatic nitrogens is 4. The van der Waals surface area contributed by atoms with Gasteiger partial charge in [-0.2, -0.15) is 10.2 Å². The minimum Gasteiger partial charge on any atom is -0.301 e. The van der Waals surface area contributed by atoms with Crippen molar-refractivity contribution in [1.82, 2.24) is 34.3 Å². The summed E-state index contributed by atoms with van der Waals surface area (Å²) in [5.41, 5.74) is 0. The summed E-state index contributed by atoms with van der Waals surface area (Å²) in [6, 6.07) is 3.97. The Morgan fingerprint density at radius 1 is 0.696 bits per heavy atom. The summed E-state index contributed by atoms with van der Waals surface area (Å²) in [7, 11) is 0. The molecule has 0 aliphatic carbocycles. The van der Waals surface area contributed by atoms with Crippen molar-refractivity contribution in [2.75, 3.05) is 45.8 Å². The first-order valence-electron chi connectivity index (χ1n) is 8.45. The quantitative estimate of drug-likeness (QED) is 0.810. The van der Waals surface area contributed by atoms with E-state index in [9.17, 15) is 0 Å². The molecule has 0 atom stereocenters. The van der Waals surface area contributed by atoms with Crippen molar-refractivity contribution in [3.8, 4) is 0 Å². The molecule has 23 heavy (non-hydrogen) atoms. The predicted molar refractivity (Wildman–Crippen MR) is 89.7 cm³/mol. The molecular formula is C16H27N7. The van der Waals surface area contributed by atoms with Crippen molar-refractivity contribution < 1.29 is 0 Å². The highest BCUT2D eigenvalue weighted by atomic mass is 15.4. The molecule has 2 aromatic rings. The van der Waals surface area contributed by atoms with Crippen molar-refractivity contribution >= 4 is 0 Å². The first-order chi connectivity index (χ1) is 11.3. The van der Waals surface area contributed by atoms with E-state index in [1.54, 1.807) is 0 Å². The normalized spacial score (nSPS) is 19.3. The van der Waals surface area contributed by atoms with Gasteiger partial charge in [0.25, 0.3) is 0 Å². The third kappa shape index (κ3) is 4.89. The molecule has 0 bridgehead atoms. The van der Waals surface area contributed by atoms with Crippen LogP contribution in [-0.4, -0.2) is 80.1 Å². The summed E-state index contributed by atoms with van der Waals surface area (Å²) in [4.78, 5) is 7.49. The first-order valence-corrected chi connectivity index (χ1v) is 8.45. The van der Waals surface area contributed by atoms with E-state index >= 15 is 0 Å². The summed E-state index contributed by atoms with van der Waals surface area (Å²) in [5.74, 6) is 0. The zero-order valence-corrected chi connectivity index (χ0v) is 14.0. The Balaban J connectivity index is 1.62. The molecule has 0 aromatic carbocycles. The SMILES string of the molecule is CCN1CCN(Cn2cccn2)CCN(Cn2cccn2)CC1. The maximum Gasteiger partial charge on any atom is 0.0929 e. The van der Waals surface area contributed by atoms with Crippen LogP contribution in [0, 0.1) is 0 Å². The second-order valence-corrected chi connectivity index (χ2v) is 6.04. The van der Waals surface area contributed by atoms with E-state index in [4.69, 9.17) is 0 Å². The number of hydrogen-bond donors (Lipinski definition) is 0. The zero-order valence-electron chi connectivity index (χ0n) is 14.0. The number of nitrogens with zero attached hydrogens (tertiary/aromatic N) is 7. The molecule has 1 saturated heterocycles. The molecule has 0 N–H and O–H groups in total. The van der Waals surface area contributed by atoms with Crippen molar-refractivity contribution in [1.29, 1.82) is 0 Å². The van der Waals surface area contributed by atoms with E-state index < -0.39 is 0 Å². The summed E-state index contributed by atoms with van der Waals surface area (Å²) >= 11 is 0. The summed E-state index contributed by atoms with van der Waals surface area (Å²) in [6.45, 7) is 11.6. The molecule has 7 heteroatoms. The molecule has 7 nitrogen and oxygen atoms in total. The number of likely N-dealkylation sites (N-methyl/N-ethyl adjacent to an activating group) is 1. The van der Waals surface area contributed by atoms with Gasteiger partial charge in [-0.05, 0) is 18.7 Å². The molecule has 1 aliphatic heterocycles.